The van der Waals surface area contributed by atoms with E-state index in [4.69, 9.17) is 4.74 Å². The molecular weight excluding hydrogens is 300 g/mol. The molecule has 1 saturated carbocycles. The quantitative estimate of drug-likeness (QED) is 0.535. The van der Waals surface area contributed by atoms with Gasteiger partial charge >= 0.3 is 23.9 Å². The Morgan fingerprint density at radius 1 is 0.826 bits per heavy atom. The first kappa shape index (κ1) is 14.4. The van der Waals surface area contributed by atoms with Gasteiger partial charge in [-0.2, -0.15) is 0 Å². The zero-order chi connectivity index (χ0) is 16.3. The van der Waals surface area contributed by atoms with E-state index in [2.05, 4.69) is 4.74 Å². The van der Waals surface area contributed by atoms with Crippen LogP contribution in [0, 0.1) is 29.6 Å². The number of rotatable bonds is 1. The highest BCUT2D eigenvalue weighted by Crippen LogP contribution is 2.52. The normalized spacial score (nSPS) is 39.3. The lowest BCUT2D eigenvalue weighted by atomic mass is 9.60. The van der Waals surface area contributed by atoms with Gasteiger partial charge in [0, 0.05) is 0 Å². The van der Waals surface area contributed by atoms with Crippen LogP contribution in [0.4, 0.5) is 0 Å². The molecule has 0 aromatic carbocycles. The molecule has 2 aliphatic carbocycles. The fourth-order valence-electron chi connectivity index (χ4n) is 4.47. The van der Waals surface area contributed by atoms with Gasteiger partial charge in [-0.25, -0.2) is 0 Å². The molecule has 0 radical (unpaired) electrons. The first-order valence-corrected chi connectivity index (χ1v) is 7.83. The predicted molar refractivity (Wildman–Crippen MR) is 75.3 cm³/mol. The van der Waals surface area contributed by atoms with Gasteiger partial charge in [-0.1, -0.05) is 23.3 Å². The van der Waals surface area contributed by atoms with Gasteiger partial charge in [0.25, 0.3) is 0 Å². The third-order valence-electron chi connectivity index (χ3n) is 5.50. The molecule has 2 aliphatic heterocycles. The summed E-state index contributed by atoms with van der Waals surface area (Å²) in [4.78, 5) is 47.5. The zero-order valence-corrected chi connectivity index (χ0v) is 12.6. The van der Waals surface area contributed by atoms with Crippen LogP contribution < -0.4 is 0 Å². The SMILES string of the molecule is CC1=CC=C2C(C3CC(=O)OC3=O)CC3C(=O)OC(=O)C3C2C1. The van der Waals surface area contributed by atoms with E-state index in [-0.39, 0.29) is 18.3 Å². The van der Waals surface area contributed by atoms with Gasteiger partial charge in [0.2, 0.25) is 0 Å². The lowest BCUT2D eigenvalue weighted by molar-refractivity contribution is -0.156. The molecule has 4 rings (SSSR count). The van der Waals surface area contributed by atoms with Gasteiger partial charge in [0.1, 0.15) is 0 Å². The highest BCUT2D eigenvalue weighted by Gasteiger charge is 2.57. The number of fused-ring (bicyclic) bond motifs is 3. The number of hydrogen-bond donors (Lipinski definition) is 0. The molecule has 5 atom stereocenters. The van der Waals surface area contributed by atoms with Crippen LogP contribution in [0.1, 0.15) is 26.2 Å². The molecule has 6 heteroatoms. The van der Waals surface area contributed by atoms with Crippen molar-refractivity contribution in [2.24, 2.45) is 29.6 Å². The second-order valence-corrected chi connectivity index (χ2v) is 6.81. The maximum Gasteiger partial charge on any atom is 0.318 e. The second kappa shape index (κ2) is 4.88. The Kier molecular flexibility index (Phi) is 3.04. The van der Waals surface area contributed by atoms with Crippen molar-refractivity contribution >= 4 is 23.9 Å². The number of hydrogen-bond acceptors (Lipinski definition) is 6. The molecule has 0 amide bonds. The van der Waals surface area contributed by atoms with Gasteiger partial charge in [0.15, 0.2) is 0 Å². The maximum absolute atomic E-state index is 12.1. The summed E-state index contributed by atoms with van der Waals surface area (Å²) in [6.07, 6.45) is 4.98. The van der Waals surface area contributed by atoms with Gasteiger partial charge in [0.05, 0.1) is 24.2 Å². The van der Waals surface area contributed by atoms with Crippen molar-refractivity contribution in [3.63, 3.8) is 0 Å². The van der Waals surface area contributed by atoms with Gasteiger partial charge < -0.3 is 9.47 Å². The average molecular weight is 316 g/mol. The van der Waals surface area contributed by atoms with Crippen LogP contribution >= 0.6 is 0 Å². The van der Waals surface area contributed by atoms with Crippen molar-refractivity contribution in [2.45, 2.75) is 26.2 Å². The molecule has 3 fully saturated rings. The van der Waals surface area contributed by atoms with Crippen LogP contribution in [0.5, 0.6) is 0 Å². The zero-order valence-electron chi connectivity index (χ0n) is 12.6. The summed E-state index contributed by atoms with van der Waals surface area (Å²) in [6, 6.07) is 0. The molecule has 0 spiro atoms. The molecule has 0 N–H and O–H groups in total. The molecule has 120 valence electrons. The minimum atomic E-state index is -0.562. The van der Waals surface area contributed by atoms with E-state index in [1.165, 1.54) is 0 Å². The Bertz CT molecular complexity index is 700. The minimum absolute atomic E-state index is 0.0383. The maximum atomic E-state index is 12.1. The Labute approximate surface area is 132 Å². The molecule has 2 saturated heterocycles. The summed E-state index contributed by atoms with van der Waals surface area (Å²) in [5.74, 6) is -3.95. The van der Waals surface area contributed by atoms with Crippen molar-refractivity contribution in [3.05, 3.63) is 23.3 Å². The van der Waals surface area contributed by atoms with Crippen LogP contribution in [0.15, 0.2) is 23.3 Å². The van der Waals surface area contributed by atoms with Crippen LogP contribution in [0.2, 0.25) is 0 Å². The van der Waals surface area contributed by atoms with Crippen LogP contribution in [0.3, 0.4) is 0 Å². The summed E-state index contributed by atoms with van der Waals surface area (Å²) in [7, 11) is 0. The van der Waals surface area contributed by atoms with Crippen molar-refractivity contribution in [2.75, 3.05) is 0 Å². The van der Waals surface area contributed by atoms with E-state index in [9.17, 15) is 19.2 Å². The smallest absolute Gasteiger partial charge is 0.318 e. The minimum Gasteiger partial charge on any atom is -0.393 e. The Morgan fingerprint density at radius 3 is 2.26 bits per heavy atom. The highest BCUT2D eigenvalue weighted by atomic mass is 16.6. The summed E-state index contributed by atoms with van der Waals surface area (Å²) in [5.41, 5.74) is 2.09. The van der Waals surface area contributed by atoms with Gasteiger partial charge in [-0.3, -0.25) is 19.2 Å². The Hall–Kier alpha value is -2.24. The fourth-order valence-corrected chi connectivity index (χ4v) is 4.47. The number of carbonyl (C=O) groups excluding carboxylic acids is 4. The first-order chi connectivity index (χ1) is 11.0. The lowest BCUT2D eigenvalue weighted by Crippen LogP contribution is -2.41. The van der Waals surface area contributed by atoms with E-state index >= 15 is 0 Å². The lowest BCUT2D eigenvalue weighted by Gasteiger charge is -2.40. The van der Waals surface area contributed by atoms with E-state index in [1.807, 2.05) is 19.1 Å². The van der Waals surface area contributed by atoms with E-state index in [0.29, 0.717) is 12.8 Å². The summed E-state index contributed by atoms with van der Waals surface area (Å²) in [6.45, 7) is 1.97. The molecule has 0 bridgehead atoms. The molecule has 6 nitrogen and oxygen atoms in total. The van der Waals surface area contributed by atoms with Crippen molar-refractivity contribution in [3.8, 4) is 0 Å². The number of cyclic esters (lactones) is 4. The number of allylic oxidation sites excluding steroid dienone is 4. The van der Waals surface area contributed by atoms with E-state index in [1.54, 1.807) is 0 Å². The van der Waals surface area contributed by atoms with Crippen molar-refractivity contribution in [1.29, 1.82) is 0 Å². The van der Waals surface area contributed by atoms with Crippen LogP contribution in [-0.4, -0.2) is 23.9 Å². The van der Waals surface area contributed by atoms with E-state index in [0.717, 1.165) is 11.1 Å². The largest absolute Gasteiger partial charge is 0.393 e. The highest BCUT2D eigenvalue weighted by molar-refractivity contribution is 5.98. The standard InChI is InChI=1S/C17H16O6/c1-7-2-3-8-9(11-6-13(18)22-15(11)19)5-12-14(10(8)4-7)17(21)23-16(12)20/h2-3,9-12,14H,4-6H2,1H3. The summed E-state index contributed by atoms with van der Waals surface area (Å²) < 4.78 is 9.53. The molecule has 4 aliphatic rings. The predicted octanol–water partition coefficient (Wildman–Crippen LogP) is 1.30. The molecule has 23 heavy (non-hydrogen) atoms. The molecular formula is C17H16O6. The van der Waals surface area contributed by atoms with Gasteiger partial charge in [-0.15, -0.1) is 0 Å². The number of ether oxygens (including phenoxy) is 2. The second-order valence-electron chi connectivity index (χ2n) is 6.81. The fraction of sp³-hybridized carbons (Fsp3) is 0.529. The Morgan fingerprint density at radius 2 is 1.57 bits per heavy atom. The topological polar surface area (TPSA) is 86.7 Å². The van der Waals surface area contributed by atoms with E-state index < -0.39 is 41.6 Å². The third-order valence-corrected chi connectivity index (χ3v) is 5.50. The number of esters is 4. The first-order valence-electron chi connectivity index (χ1n) is 7.83. The third kappa shape index (κ3) is 2.08. The Balaban J connectivity index is 1.75. The average Bonchev–Trinajstić information content (AvgIpc) is 2.97. The van der Waals surface area contributed by atoms with Crippen LogP contribution in [-0.2, 0) is 28.7 Å². The molecule has 0 aromatic heterocycles. The molecule has 5 unspecified atom stereocenters. The van der Waals surface area contributed by atoms with Crippen molar-refractivity contribution in [1.82, 2.24) is 0 Å². The summed E-state index contributed by atoms with van der Waals surface area (Å²) >= 11 is 0. The number of carbonyl (C=O) groups is 4. The van der Waals surface area contributed by atoms with Crippen molar-refractivity contribution < 1.29 is 28.7 Å². The van der Waals surface area contributed by atoms with Gasteiger partial charge in [-0.05, 0) is 31.6 Å². The summed E-state index contributed by atoms with van der Waals surface area (Å²) in [5, 5.41) is 0. The van der Waals surface area contributed by atoms with Crippen LogP contribution in [0.25, 0.3) is 0 Å². The monoisotopic (exact) mass is 316 g/mol. The molecule has 0 aromatic rings. The molecule has 2 heterocycles.